The number of methoxy groups -OCH3 is 1. The Labute approximate surface area is 152 Å². The number of nitrogens with one attached hydrogen (secondary N) is 1. The van der Waals surface area contributed by atoms with Crippen molar-refractivity contribution >= 4 is 17.6 Å². The second kappa shape index (κ2) is 10.5. The summed E-state index contributed by atoms with van der Waals surface area (Å²) in [6, 6.07) is 12.8. The van der Waals surface area contributed by atoms with Gasteiger partial charge in [-0.2, -0.15) is 0 Å². The lowest BCUT2D eigenvalue weighted by Gasteiger charge is -2.09. The van der Waals surface area contributed by atoms with Crippen LogP contribution in [0.1, 0.15) is 29.6 Å². The minimum Gasteiger partial charge on any atom is -1.00 e. The van der Waals surface area contributed by atoms with Gasteiger partial charge in [-0.15, -0.1) is 0 Å². The molecule has 5 nitrogen and oxygen atoms in total. The van der Waals surface area contributed by atoms with Crippen molar-refractivity contribution < 1.29 is 35.9 Å². The molecule has 6 heteroatoms. The maximum Gasteiger partial charge on any atom is 0.339 e. The first-order chi connectivity index (χ1) is 11.2. The van der Waals surface area contributed by atoms with E-state index in [1.165, 1.54) is 7.11 Å². The van der Waals surface area contributed by atoms with E-state index < -0.39 is 5.97 Å². The Morgan fingerprint density at radius 1 is 1.04 bits per heavy atom. The molecule has 2 aromatic rings. The van der Waals surface area contributed by atoms with Crippen LogP contribution in [-0.4, -0.2) is 19.0 Å². The van der Waals surface area contributed by atoms with Gasteiger partial charge in [0.05, 0.1) is 18.4 Å². The van der Waals surface area contributed by atoms with E-state index in [0.717, 1.165) is 19.4 Å². The number of para-hydroxylation sites is 1. The minimum absolute atomic E-state index is 0. The Hall–Kier alpha value is -2.21. The van der Waals surface area contributed by atoms with Crippen molar-refractivity contribution in [3.05, 3.63) is 60.4 Å². The number of halogens is 1. The smallest absolute Gasteiger partial charge is 0.339 e. The molecule has 0 radical (unpaired) electrons. The van der Waals surface area contributed by atoms with Crippen LogP contribution in [-0.2, 0) is 16.1 Å². The fraction of sp³-hybridized carbons (Fsp3) is 0.278. The lowest BCUT2D eigenvalue weighted by Crippen LogP contribution is -3.00. The van der Waals surface area contributed by atoms with Crippen molar-refractivity contribution in [2.75, 3.05) is 12.4 Å². The number of anilines is 1. The van der Waals surface area contributed by atoms with Crippen molar-refractivity contribution in [3.8, 4) is 0 Å². The number of rotatable bonds is 7. The first-order valence-electron chi connectivity index (χ1n) is 7.62. The topological polar surface area (TPSA) is 59.3 Å². The number of unbranched alkanes of at least 4 members (excludes halogenated alkanes) is 1. The quantitative estimate of drug-likeness (QED) is 0.395. The van der Waals surface area contributed by atoms with Crippen LogP contribution in [0.3, 0.4) is 0 Å². The summed E-state index contributed by atoms with van der Waals surface area (Å²) in [6.07, 6.45) is 6.14. The third kappa shape index (κ3) is 6.12. The largest absolute Gasteiger partial charge is 1.00 e. The number of hydrogen-bond acceptors (Lipinski definition) is 3. The SMILES string of the molecule is COC(=O)c1ccccc1NC(=O)CCCC[n+]1ccccc1.[Br-]. The van der Waals surface area contributed by atoms with E-state index >= 15 is 0 Å². The number of amides is 1. The maximum atomic E-state index is 12.0. The molecular formula is C18H21BrN2O3. The molecule has 0 saturated carbocycles. The summed E-state index contributed by atoms with van der Waals surface area (Å²) in [7, 11) is 1.32. The monoisotopic (exact) mass is 392 g/mol. The van der Waals surface area contributed by atoms with Gasteiger partial charge in [-0.3, -0.25) is 4.79 Å². The zero-order chi connectivity index (χ0) is 16.5. The van der Waals surface area contributed by atoms with Crippen molar-refractivity contribution in [2.45, 2.75) is 25.8 Å². The molecule has 0 spiro atoms. The van der Waals surface area contributed by atoms with E-state index in [1.807, 2.05) is 30.6 Å². The predicted octanol–water partition coefficient (Wildman–Crippen LogP) is -0.426. The highest BCUT2D eigenvalue weighted by molar-refractivity contribution is 6.01. The molecule has 24 heavy (non-hydrogen) atoms. The molecule has 0 aliphatic rings. The Balaban J connectivity index is 0.00000288. The molecule has 0 unspecified atom stereocenters. The number of pyridine rings is 1. The highest BCUT2D eigenvalue weighted by Gasteiger charge is 2.13. The van der Waals surface area contributed by atoms with Crippen LogP contribution in [0.2, 0.25) is 0 Å². The summed E-state index contributed by atoms with van der Waals surface area (Å²) in [6.45, 7) is 0.882. The fourth-order valence-electron chi connectivity index (χ4n) is 2.26. The molecule has 0 saturated heterocycles. The van der Waals surface area contributed by atoms with Crippen LogP contribution in [0.15, 0.2) is 54.9 Å². The lowest BCUT2D eigenvalue weighted by atomic mass is 10.1. The number of aryl methyl sites for hydroxylation is 1. The summed E-state index contributed by atoms with van der Waals surface area (Å²) in [4.78, 5) is 23.7. The van der Waals surface area contributed by atoms with E-state index in [-0.39, 0.29) is 22.9 Å². The number of carbonyl (C=O) groups is 2. The number of esters is 1. The van der Waals surface area contributed by atoms with Crippen LogP contribution < -0.4 is 26.9 Å². The molecule has 0 aliphatic heterocycles. The summed E-state index contributed by atoms with van der Waals surface area (Å²) in [5.41, 5.74) is 0.852. The minimum atomic E-state index is -0.457. The molecule has 1 heterocycles. The number of nitrogens with zero attached hydrogens (tertiary/aromatic N) is 1. The van der Waals surface area contributed by atoms with Crippen molar-refractivity contribution in [3.63, 3.8) is 0 Å². The maximum absolute atomic E-state index is 12.0. The summed E-state index contributed by atoms with van der Waals surface area (Å²) < 4.78 is 6.80. The zero-order valence-corrected chi connectivity index (χ0v) is 15.2. The third-order valence-electron chi connectivity index (χ3n) is 3.45. The summed E-state index contributed by atoms with van der Waals surface area (Å²) in [5.74, 6) is -0.555. The average Bonchev–Trinajstić information content (AvgIpc) is 2.59. The molecule has 128 valence electrons. The van der Waals surface area contributed by atoms with E-state index in [4.69, 9.17) is 4.74 Å². The van der Waals surface area contributed by atoms with E-state index in [0.29, 0.717) is 17.7 Å². The highest BCUT2D eigenvalue weighted by atomic mass is 79.9. The molecule has 1 amide bonds. The van der Waals surface area contributed by atoms with Crippen LogP contribution >= 0.6 is 0 Å². The molecule has 2 rings (SSSR count). The lowest BCUT2D eigenvalue weighted by molar-refractivity contribution is -0.697. The van der Waals surface area contributed by atoms with E-state index in [9.17, 15) is 9.59 Å². The van der Waals surface area contributed by atoms with Gasteiger partial charge in [0.1, 0.15) is 6.54 Å². The first kappa shape index (κ1) is 19.8. The number of aromatic nitrogens is 1. The zero-order valence-electron chi connectivity index (χ0n) is 13.6. The van der Waals surface area contributed by atoms with Crippen LogP contribution in [0, 0.1) is 0 Å². The molecule has 0 atom stereocenters. The van der Waals surface area contributed by atoms with Gasteiger partial charge in [-0.1, -0.05) is 18.2 Å². The molecule has 0 bridgehead atoms. The van der Waals surface area contributed by atoms with Gasteiger partial charge in [-0.25, -0.2) is 9.36 Å². The van der Waals surface area contributed by atoms with Crippen LogP contribution in [0.4, 0.5) is 5.69 Å². The fourth-order valence-corrected chi connectivity index (χ4v) is 2.26. The van der Waals surface area contributed by atoms with Gasteiger partial charge >= 0.3 is 5.97 Å². The first-order valence-corrected chi connectivity index (χ1v) is 7.62. The van der Waals surface area contributed by atoms with Gasteiger partial charge in [0.25, 0.3) is 0 Å². The standard InChI is InChI=1S/C18H20N2O3.BrH/c1-23-18(22)15-9-3-4-10-16(15)19-17(21)11-5-8-14-20-12-6-2-7-13-20;/h2-4,6-7,9-10,12-13H,5,8,11,14H2,1H3;1H. The van der Waals surface area contributed by atoms with Gasteiger partial charge < -0.3 is 27.0 Å². The average molecular weight is 393 g/mol. The normalized spacial score (nSPS) is 9.71. The summed E-state index contributed by atoms with van der Waals surface area (Å²) >= 11 is 0. The molecule has 1 aromatic heterocycles. The van der Waals surface area contributed by atoms with E-state index in [2.05, 4.69) is 9.88 Å². The Morgan fingerprint density at radius 2 is 1.75 bits per heavy atom. The molecule has 0 fully saturated rings. The second-order valence-corrected chi connectivity index (χ2v) is 5.16. The van der Waals surface area contributed by atoms with Gasteiger partial charge in [0, 0.05) is 25.0 Å². The second-order valence-electron chi connectivity index (χ2n) is 5.16. The van der Waals surface area contributed by atoms with Gasteiger partial charge in [-0.05, 0) is 18.6 Å². The van der Waals surface area contributed by atoms with Crippen LogP contribution in [0.5, 0.6) is 0 Å². The van der Waals surface area contributed by atoms with Crippen molar-refractivity contribution in [1.82, 2.24) is 0 Å². The third-order valence-corrected chi connectivity index (χ3v) is 3.45. The Bertz CT molecular complexity index is 662. The Kier molecular flexibility index (Phi) is 8.71. The highest BCUT2D eigenvalue weighted by Crippen LogP contribution is 2.16. The molecular weight excluding hydrogens is 372 g/mol. The number of hydrogen-bond donors (Lipinski definition) is 1. The summed E-state index contributed by atoms with van der Waals surface area (Å²) in [5, 5.41) is 2.78. The van der Waals surface area contributed by atoms with Crippen molar-refractivity contribution in [1.29, 1.82) is 0 Å². The van der Waals surface area contributed by atoms with Crippen molar-refractivity contribution in [2.24, 2.45) is 0 Å². The molecule has 0 aliphatic carbocycles. The Morgan fingerprint density at radius 3 is 2.46 bits per heavy atom. The molecule has 1 aromatic carbocycles. The number of ether oxygens (including phenoxy) is 1. The number of benzene rings is 1. The van der Waals surface area contributed by atoms with Gasteiger partial charge in [0.2, 0.25) is 5.91 Å². The number of carbonyl (C=O) groups excluding carboxylic acids is 2. The van der Waals surface area contributed by atoms with Gasteiger partial charge in [0.15, 0.2) is 12.4 Å². The van der Waals surface area contributed by atoms with Crippen LogP contribution in [0.25, 0.3) is 0 Å². The predicted molar refractivity (Wildman–Crippen MR) is 86.9 cm³/mol. The van der Waals surface area contributed by atoms with E-state index in [1.54, 1.807) is 24.3 Å². The molecule has 1 N–H and O–H groups in total.